The third-order valence-corrected chi connectivity index (χ3v) is 2.55. The molecular formula is C9H16N4. The number of nitrogens with one attached hydrogen (secondary N) is 2. The van der Waals surface area contributed by atoms with Gasteiger partial charge in [0.25, 0.3) is 0 Å². The Morgan fingerprint density at radius 1 is 1.54 bits per heavy atom. The number of hydrogen-bond donors (Lipinski definition) is 2. The lowest BCUT2D eigenvalue weighted by Crippen LogP contribution is -2.28. The van der Waals surface area contributed by atoms with Crippen molar-refractivity contribution in [3.63, 3.8) is 0 Å². The molecule has 0 bridgehead atoms. The standard InChI is InChI=1S/C9H16N4/c1-2-8-11-9(13-12-8)7-4-3-5-10-6-7/h7,10H,2-6H2,1H3,(H,11,12,13)/t7-/m0/s1. The number of nitrogens with zero attached hydrogens (tertiary/aromatic N) is 2. The topological polar surface area (TPSA) is 53.6 Å². The Bertz CT molecular complexity index is 262. The van der Waals surface area contributed by atoms with Crippen LogP contribution in [0.25, 0.3) is 0 Å². The van der Waals surface area contributed by atoms with Crippen LogP contribution in [0.4, 0.5) is 0 Å². The molecule has 0 aliphatic carbocycles. The van der Waals surface area contributed by atoms with Gasteiger partial charge in [-0.15, -0.1) is 0 Å². The van der Waals surface area contributed by atoms with Gasteiger partial charge in [-0.2, -0.15) is 5.10 Å². The van der Waals surface area contributed by atoms with Crippen molar-refractivity contribution in [1.29, 1.82) is 0 Å². The van der Waals surface area contributed by atoms with Crippen molar-refractivity contribution in [2.75, 3.05) is 13.1 Å². The number of rotatable bonds is 2. The Balaban J connectivity index is 2.05. The minimum atomic E-state index is 0.519. The maximum atomic E-state index is 4.45. The number of piperidine rings is 1. The second-order valence-electron chi connectivity index (χ2n) is 3.54. The minimum Gasteiger partial charge on any atom is -0.316 e. The van der Waals surface area contributed by atoms with Gasteiger partial charge in [0.2, 0.25) is 0 Å². The largest absolute Gasteiger partial charge is 0.316 e. The second-order valence-corrected chi connectivity index (χ2v) is 3.54. The molecule has 2 heterocycles. The van der Waals surface area contributed by atoms with E-state index in [1.165, 1.54) is 12.8 Å². The van der Waals surface area contributed by atoms with Gasteiger partial charge in [0.15, 0.2) is 5.82 Å². The number of hydrogen-bond acceptors (Lipinski definition) is 3. The Morgan fingerprint density at radius 3 is 3.08 bits per heavy atom. The van der Waals surface area contributed by atoms with Crippen LogP contribution in [-0.2, 0) is 6.42 Å². The van der Waals surface area contributed by atoms with E-state index in [2.05, 4.69) is 27.4 Å². The van der Waals surface area contributed by atoms with Crippen LogP contribution in [-0.4, -0.2) is 28.3 Å². The van der Waals surface area contributed by atoms with Crippen LogP contribution in [0.1, 0.15) is 37.3 Å². The molecule has 0 radical (unpaired) electrons. The van der Waals surface area contributed by atoms with Gasteiger partial charge < -0.3 is 5.32 Å². The third kappa shape index (κ3) is 1.88. The maximum Gasteiger partial charge on any atom is 0.155 e. The summed E-state index contributed by atoms with van der Waals surface area (Å²) in [4.78, 5) is 4.45. The molecule has 0 saturated carbocycles. The van der Waals surface area contributed by atoms with Crippen molar-refractivity contribution < 1.29 is 0 Å². The minimum absolute atomic E-state index is 0.519. The molecule has 2 rings (SSSR count). The summed E-state index contributed by atoms with van der Waals surface area (Å²) in [5, 5.41) is 10.6. The van der Waals surface area contributed by atoms with Crippen molar-refractivity contribution in [1.82, 2.24) is 20.5 Å². The van der Waals surface area contributed by atoms with Crippen molar-refractivity contribution in [3.8, 4) is 0 Å². The number of aryl methyl sites for hydroxylation is 1. The first-order valence-electron chi connectivity index (χ1n) is 5.02. The van der Waals surface area contributed by atoms with Gasteiger partial charge >= 0.3 is 0 Å². The monoisotopic (exact) mass is 180 g/mol. The first kappa shape index (κ1) is 8.69. The summed E-state index contributed by atoms with van der Waals surface area (Å²) in [6.45, 7) is 4.26. The summed E-state index contributed by atoms with van der Waals surface area (Å²) in [5.74, 6) is 2.51. The Morgan fingerprint density at radius 2 is 2.46 bits per heavy atom. The zero-order chi connectivity index (χ0) is 9.10. The molecule has 0 aromatic carbocycles. The van der Waals surface area contributed by atoms with Crippen molar-refractivity contribution >= 4 is 0 Å². The molecule has 1 fully saturated rings. The molecule has 0 amide bonds. The average Bonchev–Trinajstić information content (AvgIpc) is 2.67. The zero-order valence-electron chi connectivity index (χ0n) is 8.01. The Hall–Kier alpha value is -0.900. The van der Waals surface area contributed by atoms with E-state index in [-0.39, 0.29) is 0 Å². The van der Waals surface area contributed by atoms with E-state index < -0.39 is 0 Å². The second kappa shape index (κ2) is 3.87. The van der Waals surface area contributed by atoms with Gasteiger partial charge in [-0.25, -0.2) is 4.98 Å². The highest BCUT2D eigenvalue weighted by atomic mass is 15.2. The lowest BCUT2D eigenvalue weighted by molar-refractivity contribution is 0.447. The molecular weight excluding hydrogens is 164 g/mol. The molecule has 13 heavy (non-hydrogen) atoms. The smallest absolute Gasteiger partial charge is 0.155 e. The van der Waals surface area contributed by atoms with E-state index in [1.807, 2.05) is 0 Å². The molecule has 1 atom stereocenters. The van der Waals surface area contributed by atoms with Crippen LogP contribution >= 0.6 is 0 Å². The van der Waals surface area contributed by atoms with Gasteiger partial charge in [-0.05, 0) is 19.4 Å². The first-order valence-corrected chi connectivity index (χ1v) is 5.02. The Labute approximate surface area is 78.1 Å². The van der Waals surface area contributed by atoms with Crippen molar-refractivity contribution in [2.24, 2.45) is 0 Å². The fourth-order valence-electron chi connectivity index (χ4n) is 1.72. The van der Waals surface area contributed by atoms with E-state index in [4.69, 9.17) is 0 Å². The lowest BCUT2D eigenvalue weighted by Gasteiger charge is -2.19. The molecule has 2 N–H and O–H groups in total. The predicted molar refractivity (Wildman–Crippen MR) is 50.6 cm³/mol. The molecule has 1 saturated heterocycles. The van der Waals surface area contributed by atoms with Crippen LogP contribution < -0.4 is 5.32 Å². The SMILES string of the molecule is CCc1nc([C@H]2CCCNC2)n[nH]1. The fraction of sp³-hybridized carbons (Fsp3) is 0.778. The summed E-state index contributed by atoms with van der Waals surface area (Å²) in [7, 11) is 0. The summed E-state index contributed by atoms with van der Waals surface area (Å²) in [5.41, 5.74) is 0. The lowest BCUT2D eigenvalue weighted by atomic mass is 9.99. The normalized spacial score (nSPS) is 23.3. The van der Waals surface area contributed by atoms with Gasteiger partial charge in [-0.1, -0.05) is 6.92 Å². The first-order chi connectivity index (χ1) is 6.40. The van der Waals surface area contributed by atoms with Gasteiger partial charge in [-0.3, -0.25) is 5.10 Å². The van der Waals surface area contributed by atoms with Gasteiger partial charge in [0.05, 0.1) is 0 Å². The fourth-order valence-corrected chi connectivity index (χ4v) is 1.72. The zero-order valence-corrected chi connectivity index (χ0v) is 8.01. The molecule has 72 valence electrons. The summed E-state index contributed by atoms with van der Waals surface area (Å²) in [6, 6.07) is 0. The molecule has 4 heteroatoms. The predicted octanol–water partition coefficient (Wildman–Crippen LogP) is 0.834. The molecule has 0 unspecified atom stereocenters. The molecule has 1 aliphatic heterocycles. The van der Waals surface area contributed by atoms with E-state index >= 15 is 0 Å². The highest BCUT2D eigenvalue weighted by Crippen LogP contribution is 2.19. The molecule has 1 aromatic rings. The summed E-state index contributed by atoms with van der Waals surface area (Å²) < 4.78 is 0. The highest BCUT2D eigenvalue weighted by Gasteiger charge is 2.18. The van der Waals surface area contributed by atoms with E-state index in [0.717, 1.165) is 31.2 Å². The van der Waals surface area contributed by atoms with Crippen LogP contribution in [0.2, 0.25) is 0 Å². The summed E-state index contributed by atoms with van der Waals surface area (Å²) in [6.07, 6.45) is 3.39. The van der Waals surface area contributed by atoms with Gasteiger partial charge in [0, 0.05) is 18.9 Å². The van der Waals surface area contributed by atoms with E-state index in [9.17, 15) is 0 Å². The number of aromatic nitrogens is 3. The van der Waals surface area contributed by atoms with Crippen LogP contribution in [0.15, 0.2) is 0 Å². The van der Waals surface area contributed by atoms with Crippen molar-refractivity contribution in [3.05, 3.63) is 11.6 Å². The Kier molecular flexibility index (Phi) is 2.59. The highest BCUT2D eigenvalue weighted by molar-refractivity contribution is 4.99. The molecule has 4 nitrogen and oxygen atoms in total. The van der Waals surface area contributed by atoms with Crippen molar-refractivity contribution in [2.45, 2.75) is 32.1 Å². The van der Waals surface area contributed by atoms with E-state index in [0.29, 0.717) is 5.92 Å². The number of aromatic amines is 1. The summed E-state index contributed by atoms with van der Waals surface area (Å²) >= 11 is 0. The molecule has 1 aliphatic rings. The van der Waals surface area contributed by atoms with E-state index in [1.54, 1.807) is 0 Å². The molecule has 1 aromatic heterocycles. The third-order valence-electron chi connectivity index (χ3n) is 2.55. The van der Waals surface area contributed by atoms with Crippen LogP contribution in [0.5, 0.6) is 0 Å². The average molecular weight is 180 g/mol. The number of H-pyrrole nitrogens is 1. The molecule has 0 spiro atoms. The van der Waals surface area contributed by atoms with Crippen LogP contribution in [0, 0.1) is 0 Å². The maximum absolute atomic E-state index is 4.45. The quantitative estimate of drug-likeness (QED) is 0.709. The van der Waals surface area contributed by atoms with Crippen LogP contribution in [0.3, 0.4) is 0 Å². The van der Waals surface area contributed by atoms with Gasteiger partial charge in [0.1, 0.15) is 5.82 Å².